The van der Waals surface area contributed by atoms with Crippen LogP contribution in [0.5, 0.6) is 11.6 Å². The quantitative estimate of drug-likeness (QED) is 0.0779. The van der Waals surface area contributed by atoms with Gasteiger partial charge >= 0.3 is 5.97 Å². The van der Waals surface area contributed by atoms with Crippen molar-refractivity contribution in [3.63, 3.8) is 0 Å². The number of ether oxygens (including phenoxy) is 3. The molecule has 6 heterocycles. The van der Waals surface area contributed by atoms with Crippen LogP contribution in [0.1, 0.15) is 86.4 Å². The van der Waals surface area contributed by atoms with Gasteiger partial charge in [-0.05, 0) is 75.4 Å². The third-order valence-corrected chi connectivity index (χ3v) is 11.9. The van der Waals surface area contributed by atoms with Crippen LogP contribution in [0.15, 0.2) is 85.5 Å². The molecule has 0 radical (unpaired) electrons. The maximum Gasteiger partial charge on any atom is 0.328 e. The van der Waals surface area contributed by atoms with Crippen molar-refractivity contribution < 1.29 is 33.4 Å². The second kappa shape index (κ2) is 21.0. The summed E-state index contributed by atoms with van der Waals surface area (Å²) in [4.78, 5) is 80.4. The van der Waals surface area contributed by atoms with E-state index >= 15 is 0 Å². The van der Waals surface area contributed by atoms with Crippen molar-refractivity contribution in [3.8, 4) is 29.0 Å². The number of benzene rings is 1. The Morgan fingerprint density at radius 1 is 0.985 bits per heavy atom. The van der Waals surface area contributed by atoms with E-state index in [1.165, 1.54) is 13.3 Å². The number of Topliss-reactive ketones (excluding diaryl/α,β-unsaturated/α-hetero) is 1. The molecule has 2 amide bonds. The van der Waals surface area contributed by atoms with Crippen molar-refractivity contribution in [2.45, 2.75) is 78.6 Å². The third kappa shape index (κ3) is 11.5. The van der Waals surface area contributed by atoms with E-state index in [1.807, 2.05) is 59.7 Å². The Balaban J connectivity index is 0.848. The first kappa shape index (κ1) is 48.4. The third-order valence-electron chi connectivity index (χ3n) is 11.9. The Morgan fingerprint density at radius 3 is 2.49 bits per heavy atom. The summed E-state index contributed by atoms with van der Waals surface area (Å²) in [6.07, 6.45) is 7.57. The van der Waals surface area contributed by atoms with Crippen LogP contribution in [-0.2, 0) is 25.6 Å². The topological polar surface area (TPSA) is 218 Å². The second-order valence-electron chi connectivity index (χ2n) is 18.5. The first-order chi connectivity index (χ1) is 32.5. The van der Waals surface area contributed by atoms with Crippen LogP contribution in [-0.4, -0.2) is 118 Å². The fourth-order valence-electron chi connectivity index (χ4n) is 8.03. The van der Waals surface area contributed by atoms with Crippen LogP contribution in [0.2, 0.25) is 0 Å². The van der Waals surface area contributed by atoms with Crippen LogP contribution in [0, 0.1) is 16.7 Å². The SMILES string of the molecule is COC(=O)[C@H](CCC(C)(C)C)NC(=O)c1ccc(Oc2cccc(NCCOCC(=O)N3CCN(c4ncc(-c5ccc6c(n5)N(Cc5cccnc5C#N)C(C)(C)C6=O)cn4)C[C@H]3C)c2)nc1. The van der Waals surface area contributed by atoms with Crippen LogP contribution in [0.25, 0.3) is 11.3 Å². The number of nitriles is 1. The number of piperazine rings is 1. The molecule has 1 fully saturated rings. The number of hydrogen-bond acceptors (Lipinski definition) is 16. The average Bonchev–Trinajstić information content (AvgIpc) is 3.52. The maximum absolute atomic E-state index is 13.4. The monoisotopic (exact) mass is 923 g/mol. The summed E-state index contributed by atoms with van der Waals surface area (Å²) < 4.78 is 16.6. The first-order valence-electron chi connectivity index (χ1n) is 22.5. The van der Waals surface area contributed by atoms with E-state index in [1.54, 1.807) is 55.0 Å². The van der Waals surface area contributed by atoms with Crippen molar-refractivity contribution in [2.24, 2.45) is 5.41 Å². The molecule has 18 heteroatoms. The van der Waals surface area contributed by atoms with Gasteiger partial charge in [0.15, 0.2) is 5.78 Å². The van der Waals surface area contributed by atoms with Crippen LogP contribution in [0.3, 0.4) is 0 Å². The van der Waals surface area contributed by atoms with Crippen LogP contribution >= 0.6 is 0 Å². The smallest absolute Gasteiger partial charge is 0.328 e. The van der Waals surface area contributed by atoms with E-state index in [4.69, 9.17) is 19.2 Å². The summed E-state index contributed by atoms with van der Waals surface area (Å²) in [6.45, 7) is 14.4. The number of amides is 2. The Morgan fingerprint density at radius 2 is 1.78 bits per heavy atom. The number of carbonyl (C=O) groups is 4. The van der Waals surface area contributed by atoms with Gasteiger partial charge in [0.1, 0.15) is 36.0 Å². The zero-order chi connectivity index (χ0) is 48.6. The normalized spacial score (nSPS) is 15.8. The first-order valence-corrected chi connectivity index (χ1v) is 22.5. The summed E-state index contributed by atoms with van der Waals surface area (Å²) in [5, 5.41) is 15.7. The number of nitrogens with zero attached hydrogens (tertiary/aromatic N) is 9. The summed E-state index contributed by atoms with van der Waals surface area (Å²) in [6, 6.07) is 18.9. The molecule has 2 N–H and O–H groups in total. The fraction of sp³-hybridized carbons (Fsp3) is 0.400. The Bertz CT molecular complexity index is 2660. The molecule has 0 saturated carbocycles. The van der Waals surface area contributed by atoms with Gasteiger partial charge in [-0.3, -0.25) is 14.4 Å². The highest BCUT2D eigenvalue weighted by Crippen LogP contribution is 2.40. The zero-order valence-corrected chi connectivity index (χ0v) is 39.5. The molecule has 68 heavy (non-hydrogen) atoms. The van der Waals surface area contributed by atoms with Gasteiger partial charge in [0.2, 0.25) is 17.7 Å². The molecule has 1 aromatic carbocycles. The van der Waals surface area contributed by atoms with Crippen molar-refractivity contribution in [2.75, 3.05) is 61.6 Å². The van der Waals surface area contributed by atoms with Gasteiger partial charge in [-0.2, -0.15) is 5.26 Å². The van der Waals surface area contributed by atoms with Gasteiger partial charge in [-0.15, -0.1) is 0 Å². The Kier molecular flexibility index (Phi) is 14.9. The summed E-state index contributed by atoms with van der Waals surface area (Å²) in [7, 11) is 1.30. The number of esters is 1. The van der Waals surface area contributed by atoms with Crippen molar-refractivity contribution in [1.82, 2.24) is 35.1 Å². The average molecular weight is 924 g/mol. The van der Waals surface area contributed by atoms with E-state index in [9.17, 15) is 24.4 Å². The van der Waals surface area contributed by atoms with Crippen LogP contribution in [0.4, 0.5) is 17.5 Å². The standard InChI is InChI=1S/C50H57N11O7/c1-32-29-59(48-55-27-35(28-56-48)39-15-14-38-44(63)50(5,6)61(45(38)57-39)30-34-10-9-19-53-41(34)25-51)21-22-60(32)43(62)31-67-23-20-52-36-11-8-12-37(24-36)68-42-16-13-33(26-54-42)46(64)58-40(47(65)66-7)17-18-49(2,3)4/h8-16,19,24,26-28,32,40,52H,17-18,20-23,29-31H2,1-7H3,(H,58,64)/t32-,40+/m1/s1. The van der Waals surface area contributed by atoms with E-state index in [0.717, 1.165) is 12.1 Å². The molecule has 2 aliphatic rings. The minimum Gasteiger partial charge on any atom is -0.467 e. The van der Waals surface area contributed by atoms with Gasteiger partial charge in [-0.25, -0.2) is 29.7 Å². The number of ketones is 1. The lowest BCUT2D eigenvalue weighted by atomic mass is 9.88. The minimum atomic E-state index is -0.876. The van der Waals surface area contributed by atoms with Gasteiger partial charge < -0.3 is 39.5 Å². The maximum atomic E-state index is 13.4. The number of pyridine rings is 3. The molecule has 2 aliphatic heterocycles. The number of rotatable bonds is 17. The molecule has 354 valence electrons. The molecule has 0 bridgehead atoms. The number of methoxy groups -OCH3 is 1. The number of nitrogens with one attached hydrogen (secondary N) is 2. The molecule has 7 rings (SSSR count). The van der Waals surface area contributed by atoms with Crippen molar-refractivity contribution in [3.05, 3.63) is 108 Å². The lowest BCUT2D eigenvalue weighted by Crippen LogP contribution is -2.55. The molecular weight excluding hydrogens is 867 g/mol. The molecule has 0 unspecified atom stereocenters. The Labute approximate surface area is 396 Å². The number of fused-ring (bicyclic) bond motifs is 1. The lowest BCUT2D eigenvalue weighted by Gasteiger charge is -2.39. The second-order valence-corrected chi connectivity index (χ2v) is 18.5. The van der Waals surface area contributed by atoms with Crippen molar-refractivity contribution >= 4 is 41.0 Å². The van der Waals surface area contributed by atoms with E-state index in [-0.39, 0.29) is 41.2 Å². The molecule has 0 aliphatic carbocycles. The Hall–Kier alpha value is -7.52. The molecule has 4 aromatic heterocycles. The predicted molar refractivity (Wildman–Crippen MR) is 254 cm³/mol. The van der Waals surface area contributed by atoms with E-state index < -0.39 is 23.5 Å². The highest BCUT2D eigenvalue weighted by Gasteiger charge is 2.45. The van der Waals surface area contributed by atoms with Gasteiger partial charge in [0, 0.05) is 92.5 Å². The van der Waals surface area contributed by atoms with Crippen molar-refractivity contribution in [1.29, 1.82) is 5.26 Å². The van der Waals surface area contributed by atoms with E-state index in [0.29, 0.717) is 91.3 Å². The summed E-state index contributed by atoms with van der Waals surface area (Å²) in [5.41, 5.74) is 2.99. The molecular formula is C50H57N11O7. The number of carbonyl (C=O) groups excluding carboxylic acids is 4. The molecule has 1 saturated heterocycles. The minimum absolute atomic E-state index is 0.0121. The number of anilines is 3. The highest BCUT2D eigenvalue weighted by atomic mass is 16.5. The van der Waals surface area contributed by atoms with E-state index in [2.05, 4.69) is 57.4 Å². The number of aromatic nitrogens is 5. The lowest BCUT2D eigenvalue weighted by molar-refractivity contribution is -0.143. The summed E-state index contributed by atoms with van der Waals surface area (Å²) in [5.74, 6) is 0.800. The molecule has 0 spiro atoms. The largest absolute Gasteiger partial charge is 0.467 e. The summed E-state index contributed by atoms with van der Waals surface area (Å²) >= 11 is 0. The zero-order valence-electron chi connectivity index (χ0n) is 39.5. The molecule has 5 aromatic rings. The predicted octanol–water partition coefficient (Wildman–Crippen LogP) is 6.24. The van der Waals surface area contributed by atoms with Gasteiger partial charge in [-0.1, -0.05) is 32.9 Å². The fourth-order valence-corrected chi connectivity index (χ4v) is 8.03. The van der Waals surface area contributed by atoms with Gasteiger partial charge in [0.25, 0.3) is 5.91 Å². The highest BCUT2D eigenvalue weighted by molar-refractivity contribution is 6.13. The molecule has 18 nitrogen and oxygen atoms in total. The number of hydrogen-bond donors (Lipinski definition) is 2. The van der Waals surface area contributed by atoms with Gasteiger partial charge in [0.05, 0.1) is 36.1 Å². The van der Waals surface area contributed by atoms with Crippen LogP contribution < -0.4 is 25.2 Å². The molecule has 2 atom stereocenters.